The molecule has 1 saturated heterocycles. The third-order valence-electron chi connectivity index (χ3n) is 7.86. The standard InChI is InChI=1S/C27H38N6O2/c1-4-8-25(26-29-30-31-33(26)22-9-5-6-10-22)32(17-23-11-7-12-35-23)16-21-15-20-13-18(2)19(3)14-24(20)28-27(21)34/h13-15,22-23,25H,4-12,16-17H2,1-3H3,(H,28,34)/t23-,25+/m1/s1. The molecule has 8 nitrogen and oxygen atoms in total. The van der Waals surface area contributed by atoms with Crippen LogP contribution in [0.2, 0.25) is 0 Å². The van der Waals surface area contributed by atoms with Crippen LogP contribution in [0.3, 0.4) is 0 Å². The Kier molecular flexibility index (Phi) is 7.29. The van der Waals surface area contributed by atoms with Gasteiger partial charge in [0.15, 0.2) is 5.82 Å². The van der Waals surface area contributed by atoms with Crippen LogP contribution in [0, 0.1) is 13.8 Å². The van der Waals surface area contributed by atoms with Gasteiger partial charge in [0.05, 0.1) is 18.2 Å². The Hall–Kier alpha value is -2.58. The summed E-state index contributed by atoms with van der Waals surface area (Å²) < 4.78 is 8.12. The van der Waals surface area contributed by atoms with Gasteiger partial charge in [0.25, 0.3) is 5.56 Å². The van der Waals surface area contributed by atoms with Gasteiger partial charge in [-0.2, -0.15) is 0 Å². The highest BCUT2D eigenvalue weighted by Gasteiger charge is 2.32. The summed E-state index contributed by atoms with van der Waals surface area (Å²) in [6.45, 7) is 8.52. The number of aryl methyl sites for hydroxylation is 2. The molecule has 3 aromatic rings. The first kappa shape index (κ1) is 24.1. The van der Waals surface area contributed by atoms with Crippen molar-refractivity contribution in [3.05, 3.63) is 51.1 Å². The van der Waals surface area contributed by atoms with Crippen LogP contribution in [0.5, 0.6) is 0 Å². The van der Waals surface area contributed by atoms with Crippen molar-refractivity contribution in [3.8, 4) is 0 Å². The zero-order chi connectivity index (χ0) is 24.4. The molecule has 0 amide bonds. The van der Waals surface area contributed by atoms with Gasteiger partial charge in [-0.25, -0.2) is 4.68 Å². The molecular formula is C27H38N6O2. The molecule has 35 heavy (non-hydrogen) atoms. The van der Waals surface area contributed by atoms with E-state index in [1.165, 1.54) is 24.0 Å². The molecule has 1 saturated carbocycles. The number of fused-ring (bicyclic) bond motifs is 1. The summed E-state index contributed by atoms with van der Waals surface area (Å²) in [7, 11) is 0. The number of aromatic nitrogens is 5. The van der Waals surface area contributed by atoms with Gasteiger partial charge in [-0.15, -0.1) is 5.10 Å². The summed E-state index contributed by atoms with van der Waals surface area (Å²) in [5.41, 5.74) is 4.06. The minimum Gasteiger partial charge on any atom is -0.377 e. The zero-order valence-corrected chi connectivity index (χ0v) is 21.3. The van der Waals surface area contributed by atoms with Crippen molar-refractivity contribution >= 4 is 10.9 Å². The first-order chi connectivity index (χ1) is 17.0. The highest BCUT2D eigenvalue weighted by atomic mass is 16.5. The normalized spacial score (nSPS) is 19.8. The molecule has 5 rings (SSSR count). The van der Waals surface area contributed by atoms with Crippen molar-refractivity contribution < 1.29 is 4.74 Å². The maximum absolute atomic E-state index is 13.2. The number of pyridine rings is 1. The van der Waals surface area contributed by atoms with E-state index >= 15 is 0 Å². The van der Waals surface area contributed by atoms with Crippen molar-refractivity contribution in [2.75, 3.05) is 13.2 Å². The van der Waals surface area contributed by atoms with E-state index in [9.17, 15) is 4.79 Å². The van der Waals surface area contributed by atoms with Gasteiger partial charge in [0.1, 0.15) is 0 Å². The van der Waals surface area contributed by atoms with E-state index in [0.29, 0.717) is 12.6 Å². The van der Waals surface area contributed by atoms with E-state index in [0.717, 1.165) is 74.0 Å². The van der Waals surface area contributed by atoms with Crippen LogP contribution in [0.15, 0.2) is 23.0 Å². The Labute approximate surface area is 207 Å². The summed E-state index contributed by atoms with van der Waals surface area (Å²) >= 11 is 0. The first-order valence-electron chi connectivity index (χ1n) is 13.3. The van der Waals surface area contributed by atoms with Gasteiger partial charge in [-0.1, -0.05) is 26.2 Å². The highest BCUT2D eigenvalue weighted by Crippen LogP contribution is 2.34. The Morgan fingerprint density at radius 1 is 1.14 bits per heavy atom. The molecule has 0 spiro atoms. The molecule has 2 aromatic heterocycles. The van der Waals surface area contributed by atoms with Crippen LogP contribution in [-0.4, -0.2) is 49.3 Å². The fourth-order valence-electron chi connectivity index (χ4n) is 5.79. The summed E-state index contributed by atoms with van der Waals surface area (Å²) in [5.74, 6) is 0.931. The third kappa shape index (κ3) is 5.19. The lowest BCUT2D eigenvalue weighted by atomic mass is 10.0. The Balaban J connectivity index is 1.51. The van der Waals surface area contributed by atoms with Gasteiger partial charge in [-0.3, -0.25) is 9.69 Å². The van der Waals surface area contributed by atoms with Gasteiger partial charge >= 0.3 is 0 Å². The minimum atomic E-state index is -0.0243. The second kappa shape index (κ2) is 10.6. The van der Waals surface area contributed by atoms with Crippen molar-refractivity contribution in [3.63, 3.8) is 0 Å². The predicted molar refractivity (Wildman–Crippen MR) is 136 cm³/mol. The van der Waals surface area contributed by atoms with E-state index in [2.05, 4.69) is 69.1 Å². The van der Waals surface area contributed by atoms with Crippen molar-refractivity contribution in [2.45, 2.75) is 96.9 Å². The number of hydrogen-bond donors (Lipinski definition) is 1. The quantitative estimate of drug-likeness (QED) is 0.477. The topological polar surface area (TPSA) is 88.9 Å². The van der Waals surface area contributed by atoms with E-state index < -0.39 is 0 Å². The molecule has 1 aliphatic heterocycles. The molecule has 2 fully saturated rings. The average Bonchev–Trinajstić information content (AvgIpc) is 3.61. The largest absolute Gasteiger partial charge is 0.377 e. The maximum atomic E-state index is 13.2. The number of rotatable bonds is 9. The monoisotopic (exact) mass is 478 g/mol. The molecule has 2 aliphatic rings. The average molecular weight is 479 g/mol. The van der Waals surface area contributed by atoms with Crippen LogP contribution in [0.4, 0.5) is 0 Å². The van der Waals surface area contributed by atoms with Gasteiger partial charge in [0.2, 0.25) is 0 Å². The molecular weight excluding hydrogens is 440 g/mol. The number of hydrogen-bond acceptors (Lipinski definition) is 6. The predicted octanol–water partition coefficient (Wildman–Crippen LogP) is 4.77. The van der Waals surface area contributed by atoms with Crippen LogP contribution in [0.1, 0.15) is 92.9 Å². The lowest BCUT2D eigenvalue weighted by Gasteiger charge is -2.33. The van der Waals surface area contributed by atoms with Crippen molar-refractivity contribution in [1.29, 1.82) is 0 Å². The number of ether oxygens (including phenoxy) is 1. The van der Waals surface area contributed by atoms with Crippen LogP contribution < -0.4 is 5.56 Å². The molecule has 1 aliphatic carbocycles. The van der Waals surface area contributed by atoms with Gasteiger partial charge in [0, 0.05) is 30.8 Å². The first-order valence-corrected chi connectivity index (χ1v) is 13.3. The van der Waals surface area contributed by atoms with Gasteiger partial charge < -0.3 is 9.72 Å². The molecule has 1 N–H and O–H groups in total. The molecule has 0 unspecified atom stereocenters. The highest BCUT2D eigenvalue weighted by molar-refractivity contribution is 5.80. The number of tetrazole rings is 1. The number of nitrogens with one attached hydrogen (secondary N) is 1. The lowest BCUT2D eigenvalue weighted by molar-refractivity contribution is 0.0471. The number of benzene rings is 1. The third-order valence-corrected chi connectivity index (χ3v) is 7.86. The molecule has 3 heterocycles. The summed E-state index contributed by atoms with van der Waals surface area (Å²) in [6.07, 6.45) is 8.98. The van der Waals surface area contributed by atoms with Crippen molar-refractivity contribution in [1.82, 2.24) is 30.1 Å². The smallest absolute Gasteiger partial charge is 0.252 e. The SMILES string of the molecule is CCC[C@@H](c1nnnn1C1CCCC1)N(Cc1cc2cc(C)c(C)cc2[nH]c1=O)C[C@H]1CCCO1. The Morgan fingerprint density at radius 3 is 2.69 bits per heavy atom. The molecule has 188 valence electrons. The molecule has 0 bridgehead atoms. The second-order valence-electron chi connectivity index (χ2n) is 10.4. The summed E-state index contributed by atoms with van der Waals surface area (Å²) in [6, 6.07) is 6.70. The lowest BCUT2D eigenvalue weighted by Crippen LogP contribution is -2.38. The number of aromatic amines is 1. The molecule has 0 radical (unpaired) electrons. The van der Waals surface area contributed by atoms with Gasteiger partial charge in [-0.05, 0) is 91.1 Å². The maximum Gasteiger partial charge on any atom is 0.252 e. The second-order valence-corrected chi connectivity index (χ2v) is 10.4. The van der Waals surface area contributed by atoms with Crippen molar-refractivity contribution in [2.24, 2.45) is 0 Å². The fraction of sp³-hybridized carbons (Fsp3) is 0.630. The minimum absolute atomic E-state index is 0.0243. The fourth-order valence-corrected chi connectivity index (χ4v) is 5.79. The van der Waals surface area contributed by atoms with E-state index in [-0.39, 0.29) is 17.7 Å². The van der Waals surface area contributed by atoms with E-state index in [1.807, 2.05) is 0 Å². The Bertz CT molecular complexity index is 1210. The molecule has 8 heteroatoms. The van der Waals surface area contributed by atoms with E-state index in [1.54, 1.807) is 0 Å². The number of H-pyrrole nitrogens is 1. The Morgan fingerprint density at radius 2 is 1.94 bits per heavy atom. The molecule has 1 aromatic carbocycles. The summed E-state index contributed by atoms with van der Waals surface area (Å²) in [5, 5.41) is 14.1. The molecule has 2 atom stereocenters. The van der Waals surface area contributed by atoms with Crippen LogP contribution in [-0.2, 0) is 11.3 Å². The zero-order valence-electron chi connectivity index (χ0n) is 21.3. The number of nitrogens with zero attached hydrogens (tertiary/aromatic N) is 5. The van der Waals surface area contributed by atoms with Crippen LogP contribution in [0.25, 0.3) is 10.9 Å². The summed E-state index contributed by atoms with van der Waals surface area (Å²) in [4.78, 5) is 18.7. The van der Waals surface area contributed by atoms with Crippen LogP contribution >= 0.6 is 0 Å². The van der Waals surface area contributed by atoms with E-state index in [4.69, 9.17) is 4.74 Å².